The Labute approximate surface area is 144 Å². The number of rotatable bonds is 4. The fraction of sp³-hybridized carbons (Fsp3) is 0.632. The van der Waals surface area contributed by atoms with Crippen LogP contribution in [0.25, 0.3) is 0 Å². The molecule has 4 aliphatic carbocycles. The van der Waals surface area contributed by atoms with Crippen molar-refractivity contribution >= 4 is 18.3 Å². The van der Waals surface area contributed by atoms with Gasteiger partial charge in [0, 0.05) is 6.04 Å². The third-order valence-corrected chi connectivity index (χ3v) is 6.17. The van der Waals surface area contributed by atoms with Crippen molar-refractivity contribution in [3.63, 3.8) is 0 Å². The van der Waals surface area contributed by atoms with Gasteiger partial charge in [-0.1, -0.05) is 30.3 Å². The van der Waals surface area contributed by atoms with Crippen LogP contribution in [0.4, 0.5) is 0 Å². The first-order valence-electron chi connectivity index (χ1n) is 8.79. The lowest BCUT2D eigenvalue weighted by Gasteiger charge is -2.54. The molecular formula is C19H27ClN2O. The third-order valence-electron chi connectivity index (χ3n) is 6.17. The molecule has 0 heterocycles. The second kappa shape index (κ2) is 6.82. The predicted molar refractivity (Wildman–Crippen MR) is 94.3 cm³/mol. The average molecular weight is 335 g/mol. The summed E-state index contributed by atoms with van der Waals surface area (Å²) in [6.45, 7) is 0. The Morgan fingerprint density at radius 3 is 2.17 bits per heavy atom. The summed E-state index contributed by atoms with van der Waals surface area (Å²) in [4.78, 5) is 12.5. The molecule has 0 spiro atoms. The zero-order valence-electron chi connectivity index (χ0n) is 13.5. The van der Waals surface area contributed by atoms with Gasteiger partial charge in [0.15, 0.2) is 0 Å². The van der Waals surface area contributed by atoms with Gasteiger partial charge in [0.25, 0.3) is 0 Å². The smallest absolute Gasteiger partial charge is 0.237 e. The Hall–Kier alpha value is -1.06. The van der Waals surface area contributed by atoms with Crippen molar-refractivity contribution in [2.45, 2.75) is 50.6 Å². The maximum Gasteiger partial charge on any atom is 0.237 e. The predicted octanol–water partition coefficient (Wildman–Crippen LogP) is 2.92. The van der Waals surface area contributed by atoms with E-state index in [1.807, 2.05) is 30.3 Å². The molecule has 0 radical (unpaired) electrons. The van der Waals surface area contributed by atoms with E-state index in [0.717, 1.165) is 17.4 Å². The number of carbonyl (C=O) groups is 1. The van der Waals surface area contributed by atoms with E-state index >= 15 is 0 Å². The van der Waals surface area contributed by atoms with E-state index in [2.05, 4.69) is 5.32 Å². The molecule has 4 heteroatoms. The molecular weight excluding hydrogens is 308 g/mol. The minimum atomic E-state index is -0.431. The van der Waals surface area contributed by atoms with Crippen molar-refractivity contribution < 1.29 is 4.79 Å². The fourth-order valence-corrected chi connectivity index (χ4v) is 5.39. The molecule has 4 fully saturated rings. The van der Waals surface area contributed by atoms with Crippen molar-refractivity contribution in [1.82, 2.24) is 5.32 Å². The second-order valence-electron chi connectivity index (χ2n) is 7.76. The minimum Gasteiger partial charge on any atom is -0.351 e. The number of nitrogens with one attached hydrogen (secondary N) is 1. The molecule has 1 atom stereocenters. The van der Waals surface area contributed by atoms with Crippen LogP contribution in [0.5, 0.6) is 0 Å². The molecule has 5 rings (SSSR count). The molecule has 1 aromatic carbocycles. The van der Waals surface area contributed by atoms with Crippen molar-refractivity contribution in [3.8, 4) is 0 Å². The zero-order valence-corrected chi connectivity index (χ0v) is 14.3. The molecule has 0 saturated heterocycles. The van der Waals surface area contributed by atoms with Crippen LogP contribution in [0.15, 0.2) is 30.3 Å². The van der Waals surface area contributed by atoms with Crippen LogP contribution in [-0.4, -0.2) is 18.0 Å². The van der Waals surface area contributed by atoms with Gasteiger partial charge in [-0.25, -0.2) is 0 Å². The lowest BCUT2D eigenvalue weighted by Crippen LogP contribution is -2.58. The van der Waals surface area contributed by atoms with E-state index < -0.39 is 6.04 Å². The fourth-order valence-electron chi connectivity index (χ4n) is 5.39. The van der Waals surface area contributed by atoms with Crippen LogP contribution in [-0.2, 0) is 11.2 Å². The zero-order chi connectivity index (χ0) is 15.1. The van der Waals surface area contributed by atoms with Gasteiger partial charge in [0.1, 0.15) is 0 Å². The average Bonchev–Trinajstić information content (AvgIpc) is 2.51. The summed E-state index contributed by atoms with van der Waals surface area (Å²) in [5.74, 6) is 3.34. The highest BCUT2D eigenvalue weighted by Gasteiger charge is 2.48. The number of benzene rings is 1. The van der Waals surface area contributed by atoms with Gasteiger partial charge < -0.3 is 11.1 Å². The first-order valence-corrected chi connectivity index (χ1v) is 8.79. The summed E-state index contributed by atoms with van der Waals surface area (Å²) < 4.78 is 0. The topological polar surface area (TPSA) is 55.1 Å². The van der Waals surface area contributed by atoms with Crippen molar-refractivity contribution in [2.75, 3.05) is 0 Å². The van der Waals surface area contributed by atoms with Gasteiger partial charge in [-0.2, -0.15) is 0 Å². The molecule has 3 N–H and O–H groups in total. The van der Waals surface area contributed by atoms with Crippen LogP contribution in [0.1, 0.15) is 37.7 Å². The summed E-state index contributed by atoms with van der Waals surface area (Å²) in [5.41, 5.74) is 7.28. The maximum absolute atomic E-state index is 12.5. The van der Waals surface area contributed by atoms with Gasteiger partial charge in [0.2, 0.25) is 5.91 Å². The highest BCUT2D eigenvalue weighted by atomic mass is 35.5. The molecule has 4 saturated carbocycles. The number of nitrogens with two attached hydrogens (primary N) is 1. The quantitative estimate of drug-likeness (QED) is 0.889. The second-order valence-corrected chi connectivity index (χ2v) is 7.76. The Bertz CT molecular complexity index is 520. The minimum absolute atomic E-state index is 0. The van der Waals surface area contributed by atoms with Crippen molar-refractivity contribution in [2.24, 2.45) is 29.4 Å². The molecule has 126 valence electrons. The van der Waals surface area contributed by atoms with E-state index in [1.165, 1.54) is 32.1 Å². The highest BCUT2D eigenvalue weighted by molar-refractivity contribution is 5.85. The number of hydrogen-bond acceptors (Lipinski definition) is 2. The van der Waals surface area contributed by atoms with Gasteiger partial charge >= 0.3 is 0 Å². The van der Waals surface area contributed by atoms with Crippen molar-refractivity contribution in [3.05, 3.63) is 35.9 Å². The maximum atomic E-state index is 12.5. The number of halogens is 1. The third kappa shape index (κ3) is 3.41. The Balaban J connectivity index is 0.00000156. The monoisotopic (exact) mass is 334 g/mol. The molecule has 1 aromatic rings. The first kappa shape index (κ1) is 16.8. The van der Waals surface area contributed by atoms with E-state index in [-0.39, 0.29) is 18.3 Å². The highest BCUT2D eigenvalue weighted by Crippen LogP contribution is 2.53. The molecule has 0 aliphatic heterocycles. The molecule has 23 heavy (non-hydrogen) atoms. The summed E-state index contributed by atoms with van der Waals surface area (Å²) >= 11 is 0. The molecule has 0 aromatic heterocycles. The van der Waals surface area contributed by atoms with Gasteiger partial charge in [-0.15, -0.1) is 12.4 Å². The summed E-state index contributed by atoms with van der Waals surface area (Å²) in [6.07, 6.45) is 7.37. The lowest BCUT2D eigenvalue weighted by molar-refractivity contribution is -0.126. The molecule has 0 unspecified atom stereocenters. The molecule has 3 nitrogen and oxygen atoms in total. The van der Waals surface area contributed by atoms with E-state index in [4.69, 9.17) is 5.73 Å². The number of carbonyl (C=O) groups excluding carboxylic acids is 1. The SMILES string of the molecule is Cl.N[C@@H](Cc1ccccc1)C(=O)NC1C2CC3CC(C2)CC1C3. The van der Waals surface area contributed by atoms with Crippen LogP contribution in [0.3, 0.4) is 0 Å². The molecule has 4 aliphatic rings. The Morgan fingerprint density at radius 1 is 1.04 bits per heavy atom. The van der Waals surface area contributed by atoms with E-state index in [0.29, 0.717) is 24.3 Å². The van der Waals surface area contributed by atoms with E-state index in [1.54, 1.807) is 0 Å². The van der Waals surface area contributed by atoms with Gasteiger partial charge in [0.05, 0.1) is 6.04 Å². The Morgan fingerprint density at radius 2 is 1.61 bits per heavy atom. The molecule has 4 bridgehead atoms. The van der Waals surface area contributed by atoms with Crippen LogP contribution < -0.4 is 11.1 Å². The molecule has 1 amide bonds. The summed E-state index contributed by atoms with van der Waals surface area (Å²) in [6, 6.07) is 10.0. The van der Waals surface area contributed by atoms with Crippen LogP contribution in [0, 0.1) is 23.7 Å². The Kier molecular flexibility index (Phi) is 4.98. The first-order chi connectivity index (χ1) is 10.7. The number of amides is 1. The normalized spacial score (nSPS) is 35.4. The standard InChI is InChI=1S/C19H26N2O.ClH/c20-17(11-12-4-2-1-3-5-12)19(22)21-18-15-7-13-6-14(9-15)10-16(18)8-13;/h1-5,13-18H,6-11,20H2,(H,21,22);1H/t13?,14?,15?,16?,17-,18?;/m0./s1. The van der Waals surface area contributed by atoms with Gasteiger partial charge in [-0.05, 0) is 67.8 Å². The van der Waals surface area contributed by atoms with Crippen molar-refractivity contribution in [1.29, 1.82) is 0 Å². The lowest BCUT2D eigenvalue weighted by atomic mass is 9.54. The summed E-state index contributed by atoms with van der Waals surface area (Å²) in [7, 11) is 0. The van der Waals surface area contributed by atoms with Crippen LogP contribution >= 0.6 is 12.4 Å². The largest absolute Gasteiger partial charge is 0.351 e. The summed E-state index contributed by atoms with van der Waals surface area (Å²) in [5, 5.41) is 3.32. The van der Waals surface area contributed by atoms with Crippen LogP contribution in [0.2, 0.25) is 0 Å². The number of hydrogen-bond donors (Lipinski definition) is 2. The van der Waals surface area contributed by atoms with E-state index in [9.17, 15) is 4.79 Å². The van der Waals surface area contributed by atoms with Gasteiger partial charge in [-0.3, -0.25) is 4.79 Å².